The van der Waals surface area contributed by atoms with Crippen LogP contribution < -0.4 is 10.2 Å². The van der Waals surface area contributed by atoms with E-state index in [9.17, 15) is 9.59 Å². The summed E-state index contributed by atoms with van der Waals surface area (Å²) < 4.78 is 0. The van der Waals surface area contributed by atoms with E-state index in [1.54, 1.807) is 11.0 Å². The zero-order chi connectivity index (χ0) is 23.5. The molecular formula is C28H39N3O2. The molecule has 2 amide bonds. The minimum Gasteiger partial charge on any atom is -0.320 e. The first kappa shape index (κ1) is 25.0. The van der Waals surface area contributed by atoms with Gasteiger partial charge in [0.1, 0.15) is 0 Å². The highest BCUT2D eigenvalue weighted by molar-refractivity contribution is 6.17. The molecule has 0 radical (unpaired) electrons. The van der Waals surface area contributed by atoms with Crippen LogP contribution >= 0.6 is 0 Å². The van der Waals surface area contributed by atoms with E-state index in [1.807, 2.05) is 42.5 Å². The van der Waals surface area contributed by atoms with E-state index in [0.717, 1.165) is 31.6 Å². The Balaban J connectivity index is 1.45. The van der Waals surface area contributed by atoms with Gasteiger partial charge in [0.05, 0.1) is 22.6 Å². The number of nitrogens with zero attached hydrogens (tertiary/aromatic N) is 2. The Labute approximate surface area is 199 Å². The van der Waals surface area contributed by atoms with Gasteiger partial charge in [-0.05, 0) is 56.7 Å². The summed E-state index contributed by atoms with van der Waals surface area (Å²) in [6.45, 7) is 7.98. The van der Waals surface area contributed by atoms with E-state index in [1.165, 1.54) is 45.1 Å². The maximum atomic E-state index is 13.3. The fraction of sp³-hybridized carbons (Fsp3) is 0.500. The molecule has 0 saturated carbocycles. The zero-order valence-corrected chi connectivity index (χ0v) is 20.3. The second-order valence-corrected chi connectivity index (χ2v) is 8.82. The predicted molar refractivity (Wildman–Crippen MR) is 137 cm³/mol. The summed E-state index contributed by atoms with van der Waals surface area (Å²) in [5.74, 6) is -0.131. The van der Waals surface area contributed by atoms with Crippen molar-refractivity contribution < 1.29 is 9.59 Å². The van der Waals surface area contributed by atoms with Crippen LogP contribution in [-0.2, 0) is 4.79 Å². The smallest absolute Gasteiger partial charge is 0.257 e. The van der Waals surface area contributed by atoms with Crippen molar-refractivity contribution in [2.24, 2.45) is 0 Å². The molecule has 0 bridgehead atoms. The van der Waals surface area contributed by atoms with Crippen molar-refractivity contribution in [2.75, 3.05) is 29.9 Å². The molecule has 5 nitrogen and oxygen atoms in total. The molecule has 0 aliphatic carbocycles. The molecule has 2 aromatic rings. The monoisotopic (exact) mass is 449 g/mol. The summed E-state index contributed by atoms with van der Waals surface area (Å²) >= 11 is 0. The van der Waals surface area contributed by atoms with Crippen LogP contribution in [0.3, 0.4) is 0 Å². The topological polar surface area (TPSA) is 52.7 Å². The summed E-state index contributed by atoms with van der Waals surface area (Å²) in [6, 6.07) is 14.9. The predicted octanol–water partition coefficient (Wildman–Crippen LogP) is 6.77. The number of fused-ring (bicyclic) bond motifs is 2. The zero-order valence-electron chi connectivity index (χ0n) is 20.3. The normalized spacial score (nSPS) is 12.8. The van der Waals surface area contributed by atoms with Crippen LogP contribution in [0, 0.1) is 0 Å². The van der Waals surface area contributed by atoms with Gasteiger partial charge >= 0.3 is 0 Å². The van der Waals surface area contributed by atoms with Gasteiger partial charge in [-0.2, -0.15) is 0 Å². The molecular weight excluding hydrogens is 410 g/mol. The first-order valence-electron chi connectivity index (χ1n) is 12.7. The van der Waals surface area contributed by atoms with E-state index >= 15 is 0 Å². The van der Waals surface area contributed by atoms with E-state index in [-0.39, 0.29) is 11.8 Å². The Hall–Kier alpha value is -2.66. The molecule has 2 aromatic carbocycles. The molecule has 1 heterocycles. The SMILES string of the molecule is CCN(CC)CCCCCCCCCCC(=O)N1c2ccccc2NC(=O)c2ccccc21. The minimum atomic E-state index is -0.176. The fourth-order valence-electron chi connectivity index (χ4n) is 4.55. The maximum absolute atomic E-state index is 13.3. The average molecular weight is 450 g/mol. The number of carbonyl (C=O) groups is 2. The molecule has 33 heavy (non-hydrogen) atoms. The van der Waals surface area contributed by atoms with Crippen molar-refractivity contribution in [3.05, 3.63) is 54.1 Å². The van der Waals surface area contributed by atoms with Crippen LogP contribution in [0.15, 0.2) is 48.5 Å². The Morgan fingerprint density at radius 2 is 1.36 bits per heavy atom. The summed E-state index contributed by atoms with van der Waals surface area (Å²) in [4.78, 5) is 30.2. The summed E-state index contributed by atoms with van der Waals surface area (Å²) in [7, 11) is 0. The number of hydrogen-bond acceptors (Lipinski definition) is 3. The van der Waals surface area contributed by atoms with E-state index in [2.05, 4.69) is 24.1 Å². The van der Waals surface area contributed by atoms with Gasteiger partial charge in [-0.3, -0.25) is 14.5 Å². The third kappa shape index (κ3) is 6.91. The second kappa shape index (κ2) is 13.1. The molecule has 1 aliphatic rings. The third-order valence-electron chi connectivity index (χ3n) is 6.54. The Morgan fingerprint density at radius 1 is 0.788 bits per heavy atom. The first-order chi connectivity index (χ1) is 16.2. The molecule has 1 aliphatic heterocycles. The molecule has 1 N–H and O–H groups in total. The number of rotatable bonds is 13. The molecule has 0 saturated heterocycles. The lowest BCUT2D eigenvalue weighted by atomic mass is 10.1. The quantitative estimate of drug-likeness (QED) is 0.343. The van der Waals surface area contributed by atoms with Crippen molar-refractivity contribution in [1.29, 1.82) is 0 Å². The lowest BCUT2D eigenvalue weighted by Gasteiger charge is -2.24. The van der Waals surface area contributed by atoms with Gasteiger partial charge in [-0.15, -0.1) is 0 Å². The van der Waals surface area contributed by atoms with Crippen molar-refractivity contribution in [3.63, 3.8) is 0 Å². The number of anilines is 3. The van der Waals surface area contributed by atoms with Crippen molar-refractivity contribution >= 4 is 28.9 Å². The van der Waals surface area contributed by atoms with Crippen LogP contribution in [0.1, 0.15) is 82.0 Å². The molecule has 3 rings (SSSR count). The van der Waals surface area contributed by atoms with Gasteiger partial charge < -0.3 is 10.2 Å². The number of amides is 2. The van der Waals surface area contributed by atoms with Crippen LogP contribution in [0.4, 0.5) is 17.1 Å². The lowest BCUT2D eigenvalue weighted by molar-refractivity contribution is -0.118. The molecule has 5 heteroatoms. The van der Waals surface area contributed by atoms with Gasteiger partial charge in [0, 0.05) is 6.42 Å². The third-order valence-corrected chi connectivity index (χ3v) is 6.54. The summed E-state index contributed by atoms with van der Waals surface area (Å²) in [6.07, 6.45) is 10.1. The van der Waals surface area contributed by atoms with E-state index < -0.39 is 0 Å². The number of para-hydroxylation sites is 3. The average Bonchev–Trinajstić information content (AvgIpc) is 2.96. The Kier molecular flexibility index (Phi) is 9.95. The first-order valence-corrected chi connectivity index (χ1v) is 12.7. The fourth-order valence-corrected chi connectivity index (χ4v) is 4.55. The summed E-state index contributed by atoms with van der Waals surface area (Å²) in [5.41, 5.74) is 2.61. The highest BCUT2D eigenvalue weighted by Gasteiger charge is 2.28. The molecule has 0 fully saturated rings. The number of nitrogens with one attached hydrogen (secondary N) is 1. The Bertz CT molecular complexity index is 908. The van der Waals surface area contributed by atoms with E-state index in [0.29, 0.717) is 23.4 Å². The number of unbranched alkanes of at least 4 members (excludes halogenated alkanes) is 7. The number of benzene rings is 2. The molecule has 0 unspecified atom stereocenters. The second-order valence-electron chi connectivity index (χ2n) is 8.82. The maximum Gasteiger partial charge on any atom is 0.257 e. The van der Waals surface area contributed by atoms with Crippen LogP contribution in [0.2, 0.25) is 0 Å². The lowest BCUT2D eigenvalue weighted by Crippen LogP contribution is -2.26. The van der Waals surface area contributed by atoms with Crippen LogP contribution in [0.5, 0.6) is 0 Å². The highest BCUT2D eigenvalue weighted by atomic mass is 16.2. The molecule has 0 spiro atoms. The van der Waals surface area contributed by atoms with Gasteiger partial charge in [0.2, 0.25) is 5.91 Å². The van der Waals surface area contributed by atoms with Gasteiger partial charge in [-0.1, -0.05) is 76.6 Å². The number of carbonyl (C=O) groups excluding carboxylic acids is 2. The molecule has 0 aromatic heterocycles. The van der Waals surface area contributed by atoms with Crippen LogP contribution in [0.25, 0.3) is 0 Å². The van der Waals surface area contributed by atoms with Crippen molar-refractivity contribution in [3.8, 4) is 0 Å². The van der Waals surface area contributed by atoms with Crippen molar-refractivity contribution in [1.82, 2.24) is 4.90 Å². The molecule has 0 atom stereocenters. The number of hydrogen-bond donors (Lipinski definition) is 1. The Morgan fingerprint density at radius 3 is 2.06 bits per heavy atom. The van der Waals surface area contributed by atoms with Crippen molar-refractivity contribution in [2.45, 2.75) is 71.6 Å². The molecule has 178 valence electrons. The standard InChI is InChI=1S/C28H39N3O2/c1-3-30(4-2)22-16-10-8-6-5-7-9-11-21-27(32)31-25-19-14-12-17-23(25)28(33)29-24-18-13-15-20-26(24)31/h12-15,17-20H,3-11,16,21-22H2,1-2H3,(H,29,33). The van der Waals surface area contributed by atoms with Gasteiger partial charge in [-0.25, -0.2) is 0 Å². The van der Waals surface area contributed by atoms with Gasteiger partial charge in [0.25, 0.3) is 5.91 Å². The largest absolute Gasteiger partial charge is 0.320 e. The minimum absolute atomic E-state index is 0.0443. The van der Waals surface area contributed by atoms with E-state index in [4.69, 9.17) is 0 Å². The van der Waals surface area contributed by atoms with Gasteiger partial charge in [0.15, 0.2) is 0 Å². The summed E-state index contributed by atoms with van der Waals surface area (Å²) in [5, 5.41) is 2.95. The van der Waals surface area contributed by atoms with Crippen LogP contribution in [-0.4, -0.2) is 36.3 Å². The highest BCUT2D eigenvalue weighted by Crippen LogP contribution is 2.38.